The van der Waals surface area contributed by atoms with E-state index >= 15 is 0 Å². The Balaban J connectivity index is -0.000000270. The Hall–Kier alpha value is 0.343. The molecule has 0 atom stereocenters. The zero-order valence-electron chi connectivity index (χ0n) is 12.7. The summed E-state index contributed by atoms with van der Waals surface area (Å²) in [6.45, 7) is 1.62. The summed E-state index contributed by atoms with van der Waals surface area (Å²) in [6, 6.07) is 0. The van der Waals surface area contributed by atoms with Gasteiger partial charge in [0.1, 0.15) is 0 Å². The molecule has 0 aromatic carbocycles. The van der Waals surface area contributed by atoms with Gasteiger partial charge >= 0.3 is 26.2 Å². The summed E-state index contributed by atoms with van der Waals surface area (Å²) < 4.78 is 9.82. The van der Waals surface area contributed by atoms with Crippen LogP contribution in [-0.2, 0) is 35.7 Å². The Morgan fingerprint density at radius 3 is 1.48 bits per heavy atom. The first-order chi connectivity index (χ1) is 8.86. The third-order valence-corrected chi connectivity index (χ3v) is 2.68. The molecule has 0 aromatic rings. The van der Waals surface area contributed by atoms with Crippen LogP contribution in [-0.4, -0.2) is 27.4 Å². The normalized spacial score (nSPS) is 14.0. The van der Waals surface area contributed by atoms with Crippen molar-refractivity contribution in [1.82, 2.24) is 0 Å². The minimum atomic E-state index is 0. The van der Waals surface area contributed by atoms with Crippen LogP contribution in [0, 0.1) is 12.2 Å². The molecule has 5 heteroatoms. The molecular formula is C16H24Cl2O2Zr. The summed E-state index contributed by atoms with van der Waals surface area (Å²) >= 11 is 0. The van der Waals surface area contributed by atoms with Crippen molar-refractivity contribution in [1.29, 1.82) is 0 Å². The summed E-state index contributed by atoms with van der Waals surface area (Å²) in [6.07, 6.45) is 18.9. The zero-order valence-corrected chi connectivity index (χ0v) is 16.8. The molecule has 0 amide bonds. The van der Waals surface area contributed by atoms with E-state index in [1.165, 1.54) is 11.1 Å². The van der Waals surface area contributed by atoms with E-state index in [2.05, 4.69) is 36.5 Å². The largest absolute Gasteiger partial charge is 2.00 e. The topological polar surface area (TPSA) is 18.5 Å². The molecular weight excluding hydrogens is 386 g/mol. The second-order valence-corrected chi connectivity index (χ2v) is 4.10. The minimum absolute atomic E-state index is 0. The quantitative estimate of drug-likeness (QED) is 0.609. The van der Waals surface area contributed by atoms with Gasteiger partial charge in [-0.3, -0.25) is 12.2 Å². The molecule has 0 spiro atoms. The van der Waals surface area contributed by atoms with Crippen LogP contribution in [0.5, 0.6) is 0 Å². The number of rotatable bonds is 6. The maximum atomic E-state index is 4.91. The molecule has 0 saturated heterocycles. The summed E-state index contributed by atoms with van der Waals surface area (Å²) in [5.41, 5.74) is 2.58. The van der Waals surface area contributed by atoms with E-state index in [0.717, 1.165) is 38.9 Å². The van der Waals surface area contributed by atoms with Crippen molar-refractivity contribution in [3.05, 3.63) is 47.6 Å². The Labute approximate surface area is 160 Å². The molecule has 0 aromatic heterocycles. The zero-order chi connectivity index (χ0) is 13.1. The predicted octanol–water partition coefficient (Wildman–Crippen LogP) is 4.27. The number of methoxy groups -OCH3 is 2. The smallest absolute Gasteiger partial charge is 0.384 e. The molecule has 0 unspecified atom stereocenters. The average molecular weight is 410 g/mol. The maximum Gasteiger partial charge on any atom is 2.00 e. The maximum absolute atomic E-state index is 4.91. The van der Waals surface area contributed by atoms with Gasteiger partial charge < -0.3 is 9.47 Å². The Morgan fingerprint density at radius 2 is 1.24 bits per heavy atom. The number of ether oxygens (including phenoxy) is 2. The van der Waals surface area contributed by atoms with Crippen molar-refractivity contribution in [2.24, 2.45) is 0 Å². The van der Waals surface area contributed by atoms with Gasteiger partial charge in [-0.1, -0.05) is 0 Å². The fraction of sp³-hybridized carbons (Fsp3) is 0.500. The van der Waals surface area contributed by atoms with E-state index in [1.54, 1.807) is 14.2 Å². The third kappa shape index (κ3) is 13.7. The molecule has 0 bridgehead atoms. The van der Waals surface area contributed by atoms with Crippen molar-refractivity contribution < 1.29 is 35.7 Å². The van der Waals surface area contributed by atoms with Gasteiger partial charge in [-0.05, 0) is 12.8 Å². The predicted molar refractivity (Wildman–Crippen MR) is 88.5 cm³/mol. The molecule has 0 heterocycles. The van der Waals surface area contributed by atoms with Crippen molar-refractivity contribution in [3.63, 3.8) is 0 Å². The van der Waals surface area contributed by atoms with E-state index in [-0.39, 0.29) is 51.0 Å². The van der Waals surface area contributed by atoms with Gasteiger partial charge in [0.2, 0.25) is 0 Å². The first-order valence-electron chi connectivity index (χ1n) is 6.37. The van der Waals surface area contributed by atoms with Crippen molar-refractivity contribution in [2.45, 2.75) is 25.7 Å². The monoisotopic (exact) mass is 408 g/mol. The van der Waals surface area contributed by atoms with Gasteiger partial charge in [0.15, 0.2) is 0 Å². The summed E-state index contributed by atoms with van der Waals surface area (Å²) in [7, 11) is 3.44. The van der Waals surface area contributed by atoms with Crippen LogP contribution >= 0.6 is 24.8 Å². The van der Waals surface area contributed by atoms with Crippen LogP contribution < -0.4 is 0 Å². The number of hydrogen-bond donors (Lipinski definition) is 0. The number of hydrogen-bond acceptors (Lipinski definition) is 2. The Bertz CT molecular complexity index is 316. The first kappa shape index (κ1) is 26.3. The van der Waals surface area contributed by atoms with Crippen molar-refractivity contribution >= 4 is 24.8 Å². The van der Waals surface area contributed by atoms with E-state index in [1.807, 2.05) is 0 Å². The minimum Gasteiger partial charge on any atom is -0.384 e. The van der Waals surface area contributed by atoms with Crippen LogP contribution in [0.15, 0.2) is 35.5 Å². The summed E-state index contributed by atoms with van der Waals surface area (Å²) in [5, 5.41) is 0. The number of allylic oxidation sites excluding steroid dienone is 6. The molecule has 0 saturated carbocycles. The standard InChI is InChI=1S/2C8H11O.2ClH.Zr/c2*1-9-7-6-8-4-2-3-5-8;;;/h2*2,4H,3,6-7H2,1H3;2*1H;/q2*-1;;;+2. The molecule has 2 aliphatic rings. The second-order valence-electron chi connectivity index (χ2n) is 4.10. The Kier molecular flexibility index (Phi) is 23.0. The van der Waals surface area contributed by atoms with Gasteiger partial charge in [0.05, 0.1) is 0 Å². The SMILES string of the molecule is COCCC1=[C-]CC=C1.COCCC1=[C-]CC=C1.Cl.Cl.[Zr+2]. The fourth-order valence-electron chi connectivity index (χ4n) is 1.67. The molecule has 2 aliphatic carbocycles. The number of halogens is 2. The van der Waals surface area contributed by atoms with Gasteiger partial charge in [0, 0.05) is 27.4 Å². The van der Waals surface area contributed by atoms with E-state index < -0.39 is 0 Å². The molecule has 0 N–H and O–H groups in total. The van der Waals surface area contributed by atoms with Crippen LogP contribution in [0.3, 0.4) is 0 Å². The molecule has 2 rings (SSSR count). The van der Waals surface area contributed by atoms with Crippen LogP contribution in [0.2, 0.25) is 0 Å². The summed E-state index contributed by atoms with van der Waals surface area (Å²) in [4.78, 5) is 0. The molecule has 2 nitrogen and oxygen atoms in total. The van der Waals surface area contributed by atoms with E-state index in [4.69, 9.17) is 9.47 Å². The molecule has 21 heavy (non-hydrogen) atoms. The summed E-state index contributed by atoms with van der Waals surface area (Å²) in [5.74, 6) is 0. The van der Waals surface area contributed by atoms with Gasteiger partial charge in [-0.15, -0.1) is 37.7 Å². The third-order valence-electron chi connectivity index (χ3n) is 2.68. The van der Waals surface area contributed by atoms with Crippen molar-refractivity contribution in [2.75, 3.05) is 27.4 Å². The van der Waals surface area contributed by atoms with Gasteiger partial charge in [-0.25, -0.2) is 23.3 Å². The first-order valence-corrected chi connectivity index (χ1v) is 6.37. The van der Waals surface area contributed by atoms with Crippen LogP contribution in [0.4, 0.5) is 0 Å². The average Bonchev–Trinajstić information content (AvgIpc) is 3.07. The second kappa shape index (κ2) is 18.4. The van der Waals surface area contributed by atoms with Gasteiger partial charge in [0.25, 0.3) is 0 Å². The molecule has 0 fully saturated rings. The molecule has 0 radical (unpaired) electrons. The van der Waals surface area contributed by atoms with Crippen molar-refractivity contribution in [3.8, 4) is 0 Å². The molecule has 0 aliphatic heterocycles. The van der Waals surface area contributed by atoms with Gasteiger partial charge in [-0.2, -0.15) is 12.2 Å². The Morgan fingerprint density at radius 1 is 0.857 bits per heavy atom. The van der Waals surface area contributed by atoms with E-state index in [9.17, 15) is 0 Å². The van der Waals surface area contributed by atoms with Crippen LogP contribution in [0.1, 0.15) is 25.7 Å². The molecule has 118 valence electrons. The van der Waals surface area contributed by atoms with Crippen LogP contribution in [0.25, 0.3) is 0 Å². The van der Waals surface area contributed by atoms with E-state index in [0.29, 0.717) is 0 Å². The fourth-order valence-corrected chi connectivity index (χ4v) is 1.67.